The molecule has 4 heteroatoms. The van der Waals surface area contributed by atoms with Gasteiger partial charge in [-0.25, -0.2) is 0 Å². The zero-order valence-electron chi connectivity index (χ0n) is 9.53. The van der Waals surface area contributed by atoms with Crippen molar-refractivity contribution in [2.75, 3.05) is 18.4 Å². The van der Waals surface area contributed by atoms with E-state index < -0.39 is 0 Å². The van der Waals surface area contributed by atoms with Crippen molar-refractivity contribution in [3.8, 4) is 5.75 Å². The molecule has 0 saturated carbocycles. The Morgan fingerprint density at radius 1 is 1.50 bits per heavy atom. The Balaban J connectivity index is 2.94. The van der Waals surface area contributed by atoms with Crippen LogP contribution in [0.15, 0.2) is 18.2 Å². The molecule has 1 rings (SSSR count). The second-order valence-corrected chi connectivity index (χ2v) is 4.37. The number of rotatable bonds is 4. The quantitative estimate of drug-likeness (QED) is 0.864. The second kappa shape index (κ2) is 5.89. The van der Waals surface area contributed by atoms with Gasteiger partial charge in [-0.05, 0) is 37.6 Å². The van der Waals surface area contributed by atoms with Crippen LogP contribution in [-0.2, 0) is 0 Å². The number of carbonyl (C=O) groups is 1. The Morgan fingerprint density at radius 3 is 2.69 bits per heavy atom. The molecule has 1 aromatic rings. The molecule has 0 bridgehead atoms. The van der Waals surface area contributed by atoms with Crippen molar-refractivity contribution in [1.82, 2.24) is 4.90 Å². The summed E-state index contributed by atoms with van der Waals surface area (Å²) in [6.07, 6.45) is 0. The van der Waals surface area contributed by atoms with Crippen molar-refractivity contribution in [2.24, 2.45) is 0 Å². The van der Waals surface area contributed by atoms with Crippen LogP contribution in [0.5, 0.6) is 5.75 Å². The van der Waals surface area contributed by atoms with Crippen molar-refractivity contribution in [1.29, 1.82) is 0 Å². The number of halogens is 1. The minimum Gasteiger partial charge on any atom is -0.508 e. The van der Waals surface area contributed by atoms with Crippen LogP contribution in [0.3, 0.4) is 0 Å². The van der Waals surface area contributed by atoms with Gasteiger partial charge in [-0.2, -0.15) is 0 Å². The lowest BCUT2D eigenvalue weighted by Gasteiger charge is -2.20. The van der Waals surface area contributed by atoms with Gasteiger partial charge in [0.15, 0.2) is 0 Å². The van der Waals surface area contributed by atoms with Gasteiger partial charge >= 0.3 is 0 Å². The molecule has 0 radical (unpaired) electrons. The van der Waals surface area contributed by atoms with Crippen LogP contribution in [0.2, 0.25) is 0 Å². The van der Waals surface area contributed by atoms with Gasteiger partial charge in [0, 0.05) is 24.0 Å². The Morgan fingerprint density at radius 2 is 2.19 bits per heavy atom. The van der Waals surface area contributed by atoms with E-state index >= 15 is 0 Å². The summed E-state index contributed by atoms with van der Waals surface area (Å²) in [5.41, 5.74) is 1.46. The number of phenols is 1. The summed E-state index contributed by atoms with van der Waals surface area (Å²) in [5, 5.41) is 10.1. The largest absolute Gasteiger partial charge is 0.508 e. The number of alkyl halides is 1. The molecule has 3 nitrogen and oxygen atoms in total. The Labute approximate surface area is 104 Å². The summed E-state index contributed by atoms with van der Waals surface area (Å²) in [4.78, 5) is 13.9. The van der Waals surface area contributed by atoms with E-state index in [9.17, 15) is 9.90 Å². The minimum absolute atomic E-state index is 0.0134. The van der Waals surface area contributed by atoms with E-state index in [2.05, 4.69) is 15.9 Å². The standard InChI is InChI=1S/C12H16BrNO2/c1-3-14(7-6-13)12(16)11-5-4-10(15)8-9(11)2/h4-5,8,15H,3,6-7H2,1-2H3. The average molecular weight is 286 g/mol. The first kappa shape index (κ1) is 13.0. The van der Waals surface area contributed by atoms with Crippen LogP contribution in [0, 0.1) is 6.92 Å². The fourth-order valence-corrected chi connectivity index (χ4v) is 1.99. The molecule has 1 aromatic carbocycles. The molecule has 16 heavy (non-hydrogen) atoms. The lowest BCUT2D eigenvalue weighted by molar-refractivity contribution is 0.0774. The maximum absolute atomic E-state index is 12.1. The number of amides is 1. The number of hydrogen-bond acceptors (Lipinski definition) is 2. The van der Waals surface area contributed by atoms with Gasteiger partial charge < -0.3 is 10.0 Å². The Kier molecular flexibility index (Phi) is 4.80. The molecule has 0 saturated heterocycles. The first-order valence-corrected chi connectivity index (χ1v) is 6.37. The molecule has 0 atom stereocenters. The fraction of sp³-hybridized carbons (Fsp3) is 0.417. The molecule has 1 amide bonds. The highest BCUT2D eigenvalue weighted by Gasteiger charge is 2.15. The van der Waals surface area contributed by atoms with Crippen molar-refractivity contribution >= 4 is 21.8 Å². The lowest BCUT2D eigenvalue weighted by atomic mass is 10.1. The molecule has 0 aliphatic heterocycles. The summed E-state index contributed by atoms with van der Waals surface area (Å²) >= 11 is 3.33. The van der Waals surface area contributed by atoms with E-state index in [-0.39, 0.29) is 11.7 Å². The highest BCUT2D eigenvalue weighted by molar-refractivity contribution is 9.09. The maximum Gasteiger partial charge on any atom is 0.254 e. The highest BCUT2D eigenvalue weighted by Crippen LogP contribution is 2.17. The molecule has 88 valence electrons. The van der Waals surface area contributed by atoms with Gasteiger partial charge in [-0.15, -0.1) is 0 Å². The maximum atomic E-state index is 12.1. The normalized spacial score (nSPS) is 10.2. The smallest absolute Gasteiger partial charge is 0.254 e. The topological polar surface area (TPSA) is 40.5 Å². The number of hydrogen-bond donors (Lipinski definition) is 1. The van der Waals surface area contributed by atoms with E-state index in [1.54, 1.807) is 23.1 Å². The molecular formula is C12H16BrNO2. The van der Waals surface area contributed by atoms with E-state index in [0.29, 0.717) is 18.7 Å². The number of nitrogens with zero attached hydrogens (tertiary/aromatic N) is 1. The predicted octanol–water partition coefficient (Wildman–Crippen LogP) is 2.56. The van der Waals surface area contributed by atoms with Gasteiger partial charge in [0.2, 0.25) is 0 Å². The van der Waals surface area contributed by atoms with E-state index in [4.69, 9.17) is 0 Å². The van der Waals surface area contributed by atoms with Crippen LogP contribution < -0.4 is 0 Å². The fourth-order valence-electron chi connectivity index (χ4n) is 1.56. The van der Waals surface area contributed by atoms with Gasteiger partial charge in [-0.1, -0.05) is 15.9 Å². The van der Waals surface area contributed by atoms with Gasteiger partial charge in [0.25, 0.3) is 5.91 Å². The predicted molar refractivity (Wildman–Crippen MR) is 68.2 cm³/mol. The third-order valence-electron chi connectivity index (χ3n) is 2.46. The summed E-state index contributed by atoms with van der Waals surface area (Å²) < 4.78 is 0. The number of phenolic OH excluding ortho intramolecular Hbond substituents is 1. The van der Waals surface area contributed by atoms with Crippen LogP contribution in [0.25, 0.3) is 0 Å². The molecule has 0 aliphatic rings. The zero-order valence-corrected chi connectivity index (χ0v) is 11.1. The monoisotopic (exact) mass is 285 g/mol. The average Bonchev–Trinajstić information content (AvgIpc) is 2.25. The molecule has 1 N–H and O–H groups in total. The molecule has 0 fully saturated rings. The van der Waals surface area contributed by atoms with Crippen molar-refractivity contribution in [3.63, 3.8) is 0 Å². The SMILES string of the molecule is CCN(CCBr)C(=O)c1ccc(O)cc1C. The molecule has 0 spiro atoms. The highest BCUT2D eigenvalue weighted by atomic mass is 79.9. The number of carbonyl (C=O) groups excluding carboxylic acids is 1. The van der Waals surface area contributed by atoms with E-state index in [1.165, 1.54) is 0 Å². The molecule has 0 heterocycles. The number of aromatic hydroxyl groups is 1. The summed E-state index contributed by atoms with van der Waals surface area (Å²) in [7, 11) is 0. The third kappa shape index (κ3) is 2.98. The summed E-state index contributed by atoms with van der Waals surface area (Å²) in [6.45, 7) is 5.16. The summed E-state index contributed by atoms with van der Waals surface area (Å²) in [6, 6.07) is 4.82. The lowest BCUT2D eigenvalue weighted by Crippen LogP contribution is -2.32. The zero-order chi connectivity index (χ0) is 12.1. The first-order valence-electron chi connectivity index (χ1n) is 5.25. The number of benzene rings is 1. The van der Waals surface area contributed by atoms with Crippen molar-refractivity contribution in [2.45, 2.75) is 13.8 Å². The van der Waals surface area contributed by atoms with Crippen molar-refractivity contribution in [3.05, 3.63) is 29.3 Å². The van der Waals surface area contributed by atoms with E-state index in [1.807, 2.05) is 13.8 Å². The summed E-state index contributed by atoms with van der Waals surface area (Å²) in [5.74, 6) is 0.206. The Hall–Kier alpha value is -1.03. The minimum atomic E-state index is 0.0134. The van der Waals surface area contributed by atoms with Crippen LogP contribution in [-0.4, -0.2) is 34.3 Å². The molecule has 0 aliphatic carbocycles. The van der Waals surface area contributed by atoms with Crippen LogP contribution >= 0.6 is 15.9 Å². The van der Waals surface area contributed by atoms with Gasteiger partial charge in [0.1, 0.15) is 5.75 Å². The van der Waals surface area contributed by atoms with E-state index in [0.717, 1.165) is 10.9 Å². The second-order valence-electron chi connectivity index (χ2n) is 3.57. The molecule has 0 aromatic heterocycles. The third-order valence-corrected chi connectivity index (χ3v) is 2.82. The first-order chi connectivity index (χ1) is 7.60. The van der Waals surface area contributed by atoms with Crippen LogP contribution in [0.1, 0.15) is 22.8 Å². The van der Waals surface area contributed by atoms with Crippen LogP contribution in [0.4, 0.5) is 0 Å². The van der Waals surface area contributed by atoms with Crippen molar-refractivity contribution < 1.29 is 9.90 Å². The number of aryl methyl sites for hydroxylation is 1. The molecule has 0 unspecified atom stereocenters. The Bertz CT molecular complexity index is 379. The van der Waals surface area contributed by atoms with Gasteiger partial charge in [-0.3, -0.25) is 4.79 Å². The molecular weight excluding hydrogens is 270 g/mol. The van der Waals surface area contributed by atoms with Gasteiger partial charge in [0.05, 0.1) is 0 Å².